The number of hydrogen-bond acceptors (Lipinski definition) is 4. The fourth-order valence-corrected chi connectivity index (χ4v) is 2.14. The molecule has 0 aliphatic rings. The molecule has 2 rings (SSSR count). The van der Waals surface area contributed by atoms with Gasteiger partial charge in [0.25, 0.3) is 0 Å². The molecule has 0 unspecified atom stereocenters. The van der Waals surface area contributed by atoms with E-state index in [1.807, 2.05) is 0 Å². The average Bonchev–Trinajstić information content (AvgIpc) is 2.42. The fourth-order valence-electron chi connectivity index (χ4n) is 1.54. The summed E-state index contributed by atoms with van der Waals surface area (Å²) in [4.78, 5) is 8.23. The topological polar surface area (TPSA) is 49.8 Å². The van der Waals surface area contributed by atoms with E-state index in [0.717, 1.165) is 13.0 Å². The summed E-state index contributed by atoms with van der Waals surface area (Å²) in [5.41, 5.74) is 0.301. The molecular formula is C13H13BrClFN4. The van der Waals surface area contributed by atoms with Crippen LogP contribution in [0.4, 0.5) is 21.7 Å². The quantitative estimate of drug-likeness (QED) is 0.819. The lowest BCUT2D eigenvalue weighted by Crippen LogP contribution is -2.05. The minimum atomic E-state index is -0.439. The maximum atomic E-state index is 13.7. The van der Waals surface area contributed by atoms with E-state index in [0.29, 0.717) is 26.8 Å². The van der Waals surface area contributed by atoms with Crippen molar-refractivity contribution in [3.8, 4) is 0 Å². The van der Waals surface area contributed by atoms with Crippen LogP contribution >= 0.6 is 27.5 Å². The van der Waals surface area contributed by atoms with Gasteiger partial charge in [0, 0.05) is 11.6 Å². The molecule has 20 heavy (non-hydrogen) atoms. The first-order chi connectivity index (χ1) is 9.61. The second kappa shape index (κ2) is 6.85. The van der Waals surface area contributed by atoms with Gasteiger partial charge in [-0.25, -0.2) is 14.4 Å². The number of nitrogens with zero attached hydrogens (tertiary/aromatic N) is 2. The van der Waals surface area contributed by atoms with Crippen LogP contribution in [0.2, 0.25) is 5.02 Å². The van der Waals surface area contributed by atoms with Gasteiger partial charge in [-0.3, -0.25) is 0 Å². The Morgan fingerprint density at radius 1 is 1.30 bits per heavy atom. The van der Waals surface area contributed by atoms with Crippen LogP contribution in [-0.4, -0.2) is 16.5 Å². The summed E-state index contributed by atoms with van der Waals surface area (Å²) in [5, 5.41) is 6.42. The zero-order chi connectivity index (χ0) is 14.5. The van der Waals surface area contributed by atoms with Gasteiger partial charge in [-0.05, 0) is 40.5 Å². The van der Waals surface area contributed by atoms with Gasteiger partial charge in [-0.1, -0.05) is 18.5 Å². The first kappa shape index (κ1) is 15.0. The van der Waals surface area contributed by atoms with Gasteiger partial charge in [0.2, 0.25) is 0 Å². The first-order valence-corrected chi connectivity index (χ1v) is 7.25. The molecule has 106 valence electrons. The number of rotatable bonds is 5. The Morgan fingerprint density at radius 2 is 2.05 bits per heavy atom. The summed E-state index contributed by atoms with van der Waals surface area (Å²) in [6.45, 7) is 2.86. The van der Waals surface area contributed by atoms with E-state index in [4.69, 9.17) is 11.6 Å². The Labute approximate surface area is 129 Å². The maximum Gasteiger partial charge on any atom is 0.150 e. The number of aromatic nitrogens is 2. The van der Waals surface area contributed by atoms with Crippen LogP contribution in [0.3, 0.4) is 0 Å². The zero-order valence-corrected chi connectivity index (χ0v) is 13.1. The molecule has 0 aliphatic carbocycles. The van der Waals surface area contributed by atoms with E-state index < -0.39 is 5.82 Å². The van der Waals surface area contributed by atoms with E-state index >= 15 is 0 Å². The lowest BCUT2D eigenvalue weighted by atomic mass is 10.3. The molecule has 0 radical (unpaired) electrons. The van der Waals surface area contributed by atoms with Crippen molar-refractivity contribution in [2.24, 2.45) is 0 Å². The maximum absolute atomic E-state index is 13.7. The first-order valence-electron chi connectivity index (χ1n) is 6.08. The highest BCUT2D eigenvalue weighted by atomic mass is 79.9. The standard InChI is InChI=1S/C13H13BrClFN4/c1-2-5-17-12-11(14)13(19-7-18-12)20-10-4-3-8(15)6-9(10)16/h3-4,6-7H,2,5H2,1H3,(H2,17,18,19,20). The summed E-state index contributed by atoms with van der Waals surface area (Å²) in [7, 11) is 0. The third kappa shape index (κ3) is 3.58. The SMILES string of the molecule is CCCNc1ncnc(Nc2ccc(Cl)cc2F)c1Br. The second-order valence-electron chi connectivity index (χ2n) is 4.06. The van der Waals surface area contributed by atoms with E-state index in [1.54, 1.807) is 12.1 Å². The summed E-state index contributed by atoms with van der Waals surface area (Å²) in [5.74, 6) is 0.713. The Bertz CT molecular complexity index is 609. The molecule has 1 aromatic heterocycles. The Kier molecular flexibility index (Phi) is 5.14. The van der Waals surface area contributed by atoms with Gasteiger partial charge in [-0.15, -0.1) is 0 Å². The minimum absolute atomic E-state index is 0.301. The van der Waals surface area contributed by atoms with Crippen molar-refractivity contribution >= 4 is 44.9 Å². The second-order valence-corrected chi connectivity index (χ2v) is 5.29. The van der Waals surface area contributed by atoms with E-state index in [9.17, 15) is 4.39 Å². The lowest BCUT2D eigenvalue weighted by molar-refractivity contribution is 0.632. The van der Waals surface area contributed by atoms with E-state index in [2.05, 4.69) is 43.5 Å². The highest BCUT2D eigenvalue weighted by molar-refractivity contribution is 9.10. The van der Waals surface area contributed by atoms with Crippen LogP contribution < -0.4 is 10.6 Å². The van der Waals surface area contributed by atoms with Crippen molar-refractivity contribution in [2.45, 2.75) is 13.3 Å². The van der Waals surface area contributed by atoms with Crippen molar-refractivity contribution in [2.75, 3.05) is 17.2 Å². The molecule has 0 fully saturated rings. The molecule has 2 aromatic rings. The Hall–Kier alpha value is -1.40. The van der Waals surface area contributed by atoms with E-state index in [1.165, 1.54) is 12.4 Å². The average molecular weight is 360 g/mol. The van der Waals surface area contributed by atoms with Gasteiger partial charge < -0.3 is 10.6 Å². The highest BCUT2D eigenvalue weighted by Crippen LogP contribution is 2.30. The largest absolute Gasteiger partial charge is 0.369 e. The number of halogens is 3. The summed E-state index contributed by atoms with van der Waals surface area (Å²) >= 11 is 9.13. The smallest absolute Gasteiger partial charge is 0.150 e. The summed E-state index contributed by atoms with van der Waals surface area (Å²) in [6.07, 6.45) is 2.39. The van der Waals surface area contributed by atoms with Gasteiger partial charge in [-0.2, -0.15) is 0 Å². The molecule has 4 nitrogen and oxygen atoms in total. The molecule has 0 amide bonds. The molecule has 0 saturated heterocycles. The van der Waals surface area contributed by atoms with Gasteiger partial charge >= 0.3 is 0 Å². The molecule has 7 heteroatoms. The van der Waals surface area contributed by atoms with Crippen LogP contribution in [0.15, 0.2) is 29.0 Å². The van der Waals surface area contributed by atoms with Gasteiger partial charge in [0.15, 0.2) is 0 Å². The Morgan fingerprint density at radius 3 is 2.75 bits per heavy atom. The molecule has 0 spiro atoms. The van der Waals surface area contributed by atoms with Crippen LogP contribution in [0.1, 0.15) is 13.3 Å². The molecule has 0 saturated carbocycles. The molecule has 1 aromatic carbocycles. The van der Waals surface area contributed by atoms with Crippen molar-refractivity contribution < 1.29 is 4.39 Å². The number of benzene rings is 1. The Balaban J connectivity index is 2.24. The molecule has 0 aliphatic heterocycles. The predicted octanol–water partition coefficient (Wildman–Crippen LogP) is 4.60. The zero-order valence-electron chi connectivity index (χ0n) is 10.8. The number of hydrogen-bond donors (Lipinski definition) is 2. The monoisotopic (exact) mass is 358 g/mol. The van der Waals surface area contributed by atoms with Crippen molar-refractivity contribution in [1.82, 2.24) is 9.97 Å². The van der Waals surface area contributed by atoms with Crippen LogP contribution in [0, 0.1) is 5.82 Å². The number of nitrogens with one attached hydrogen (secondary N) is 2. The lowest BCUT2D eigenvalue weighted by Gasteiger charge is -2.12. The van der Waals surface area contributed by atoms with Crippen LogP contribution in [0.25, 0.3) is 0 Å². The fraction of sp³-hybridized carbons (Fsp3) is 0.231. The van der Waals surface area contributed by atoms with Crippen molar-refractivity contribution in [3.05, 3.63) is 39.8 Å². The predicted molar refractivity (Wildman–Crippen MR) is 83.2 cm³/mol. The molecule has 0 bridgehead atoms. The van der Waals surface area contributed by atoms with Crippen molar-refractivity contribution in [3.63, 3.8) is 0 Å². The highest BCUT2D eigenvalue weighted by Gasteiger charge is 2.10. The van der Waals surface area contributed by atoms with Gasteiger partial charge in [0.1, 0.15) is 28.3 Å². The normalized spacial score (nSPS) is 10.4. The van der Waals surface area contributed by atoms with Crippen molar-refractivity contribution in [1.29, 1.82) is 0 Å². The van der Waals surface area contributed by atoms with Crippen LogP contribution in [-0.2, 0) is 0 Å². The van der Waals surface area contributed by atoms with E-state index in [-0.39, 0.29) is 0 Å². The summed E-state index contributed by atoms with van der Waals surface area (Å²) < 4.78 is 14.4. The molecular weight excluding hydrogens is 347 g/mol. The van der Waals surface area contributed by atoms with Gasteiger partial charge in [0.05, 0.1) is 5.69 Å². The third-order valence-corrected chi connectivity index (χ3v) is 3.50. The third-order valence-electron chi connectivity index (χ3n) is 2.52. The molecule has 1 heterocycles. The van der Waals surface area contributed by atoms with Crippen LogP contribution in [0.5, 0.6) is 0 Å². The molecule has 2 N–H and O–H groups in total. The number of anilines is 3. The minimum Gasteiger partial charge on any atom is -0.369 e. The molecule has 0 atom stereocenters. The summed E-state index contributed by atoms with van der Waals surface area (Å²) in [6, 6.07) is 4.42.